The Morgan fingerprint density at radius 1 is 0.842 bits per heavy atom. The lowest BCUT2D eigenvalue weighted by Gasteiger charge is -1.99. The summed E-state index contributed by atoms with van der Waals surface area (Å²) < 4.78 is 16.5. The zero-order valence-corrected chi connectivity index (χ0v) is 12.1. The quantitative estimate of drug-likeness (QED) is 0.747. The fourth-order valence-corrected chi connectivity index (χ4v) is 1.80. The van der Waals surface area contributed by atoms with Gasteiger partial charge in [0.2, 0.25) is 0 Å². The first-order valence-electron chi connectivity index (χ1n) is 6.78. The van der Waals surface area contributed by atoms with Crippen molar-refractivity contribution in [1.29, 1.82) is 0 Å². The highest BCUT2D eigenvalue weighted by atomic mass is 16.5. The van der Waals surface area contributed by atoms with E-state index >= 15 is 0 Å². The van der Waals surface area contributed by atoms with Gasteiger partial charge in [0, 0.05) is 0 Å². The van der Waals surface area contributed by atoms with Crippen molar-refractivity contribution in [2.24, 2.45) is 0 Å². The third kappa shape index (κ3) is 3.74. The summed E-state index contributed by atoms with van der Waals surface area (Å²) in [6.45, 7) is 9.53. The molecule has 0 amide bonds. The Labute approximate surface area is 114 Å². The Balaban J connectivity index is 1.82. The van der Waals surface area contributed by atoms with E-state index < -0.39 is 0 Å². The first-order valence-corrected chi connectivity index (χ1v) is 6.78. The van der Waals surface area contributed by atoms with Crippen molar-refractivity contribution in [3.63, 3.8) is 0 Å². The van der Waals surface area contributed by atoms with E-state index in [4.69, 9.17) is 13.6 Å². The second kappa shape index (κ2) is 6.11. The Kier molecular flexibility index (Phi) is 4.48. The van der Waals surface area contributed by atoms with E-state index in [1.165, 1.54) is 11.1 Å². The van der Waals surface area contributed by atoms with E-state index in [2.05, 4.69) is 27.7 Å². The predicted octanol–water partition coefficient (Wildman–Crippen LogP) is 4.84. The molecule has 0 spiro atoms. The number of hydrogen-bond donors (Lipinski definition) is 0. The van der Waals surface area contributed by atoms with Crippen LogP contribution in [0.25, 0.3) is 0 Å². The van der Waals surface area contributed by atoms with Gasteiger partial charge in [-0.2, -0.15) is 0 Å². The van der Waals surface area contributed by atoms with Crippen LogP contribution in [0.1, 0.15) is 62.2 Å². The molecule has 2 aromatic rings. The largest absolute Gasteiger partial charge is 0.467 e. The number of ether oxygens (including phenoxy) is 1. The average Bonchev–Trinajstić information content (AvgIpc) is 2.97. The minimum atomic E-state index is 0.477. The Bertz CT molecular complexity index is 459. The van der Waals surface area contributed by atoms with Gasteiger partial charge in [0.05, 0.1) is 12.5 Å². The monoisotopic (exact) mass is 262 g/mol. The summed E-state index contributed by atoms with van der Waals surface area (Å²) in [5.74, 6) is 2.69. The summed E-state index contributed by atoms with van der Waals surface area (Å²) in [7, 11) is 0. The van der Waals surface area contributed by atoms with Gasteiger partial charge < -0.3 is 13.6 Å². The van der Waals surface area contributed by atoms with Crippen LogP contribution in [0, 0.1) is 0 Å². The highest BCUT2D eigenvalue weighted by Crippen LogP contribution is 2.20. The smallest absolute Gasteiger partial charge is 0.129 e. The fourth-order valence-electron chi connectivity index (χ4n) is 1.80. The molecule has 0 aromatic carbocycles. The average molecular weight is 262 g/mol. The summed E-state index contributed by atoms with van der Waals surface area (Å²) in [4.78, 5) is 0. The van der Waals surface area contributed by atoms with Crippen LogP contribution in [0.3, 0.4) is 0 Å². The van der Waals surface area contributed by atoms with Crippen molar-refractivity contribution < 1.29 is 13.6 Å². The maximum atomic E-state index is 5.60. The van der Waals surface area contributed by atoms with Crippen LogP contribution < -0.4 is 0 Å². The molecule has 0 bridgehead atoms. The zero-order chi connectivity index (χ0) is 13.8. The van der Waals surface area contributed by atoms with Gasteiger partial charge in [0.15, 0.2) is 0 Å². The van der Waals surface area contributed by atoms with E-state index in [9.17, 15) is 0 Å². The zero-order valence-electron chi connectivity index (χ0n) is 12.1. The summed E-state index contributed by atoms with van der Waals surface area (Å²) in [6, 6.07) is 4.10. The number of furan rings is 2. The summed E-state index contributed by atoms with van der Waals surface area (Å²) in [6.07, 6.45) is 3.60. The third-order valence-corrected chi connectivity index (χ3v) is 3.17. The Morgan fingerprint density at radius 2 is 1.26 bits per heavy atom. The molecule has 0 aliphatic heterocycles. The molecule has 2 aromatic heterocycles. The van der Waals surface area contributed by atoms with E-state index in [1.54, 1.807) is 12.5 Å². The van der Waals surface area contributed by atoms with Crippen molar-refractivity contribution in [3.8, 4) is 0 Å². The molecule has 0 aliphatic carbocycles. The molecule has 0 fully saturated rings. The molecule has 0 saturated carbocycles. The summed E-state index contributed by atoms with van der Waals surface area (Å²) >= 11 is 0. The number of rotatable bonds is 6. The van der Waals surface area contributed by atoms with Gasteiger partial charge in [-0.05, 0) is 35.1 Å². The molecule has 3 heteroatoms. The van der Waals surface area contributed by atoms with Crippen LogP contribution in [0.4, 0.5) is 0 Å². The SMILES string of the molecule is CC(C)c1coc(COCc2cc(C(C)C)co2)c1. The van der Waals surface area contributed by atoms with Gasteiger partial charge in [0.25, 0.3) is 0 Å². The van der Waals surface area contributed by atoms with Crippen LogP contribution in [-0.4, -0.2) is 0 Å². The van der Waals surface area contributed by atoms with Gasteiger partial charge in [0.1, 0.15) is 24.7 Å². The van der Waals surface area contributed by atoms with Crippen LogP contribution in [0.15, 0.2) is 33.5 Å². The molecule has 0 atom stereocenters. The molecule has 19 heavy (non-hydrogen) atoms. The molecular weight excluding hydrogens is 240 g/mol. The first-order chi connectivity index (χ1) is 9.06. The van der Waals surface area contributed by atoms with Crippen LogP contribution in [-0.2, 0) is 18.0 Å². The normalized spacial score (nSPS) is 11.7. The van der Waals surface area contributed by atoms with Crippen molar-refractivity contribution >= 4 is 0 Å². The van der Waals surface area contributed by atoms with Crippen LogP contribution in [0.5, 0.6) is 0 Å². The number of hydrogen-bond acceptors (Lipinski definition) is 3. The lowest BCUT2D eigenvalue weighted by molar-refractivity contribution is 0.0803. The third-order valence-electron chi connectivity index (χ3n) is 3.17. The van der Waals surface area contributed by atoms with E-state index in [1.807, 2.05) is 12.1 Å². The van der Waals surface area contributed by atoms with Gasteiger partial charge >= 0.3 is 0 Å². The van der Waals surface area contributed by atoms with E-state index in [0.717, 1.165) is 11.5 Å². The molecule has 0 unspecified atom stereocenters. The molecule has 0 aliphatic rings. The van der Waals surface area contributed by atoms with Crippen molar-refractivity contribution in [1.82, 2.24) is 0 Å². The first kappa shape index (κ1) is 13.9. The van der Waals surface area contributed by atoms with Crippen molar-refractivity contribution in [2.45, 2.75) is 52.7 Å². The topological polar surface area (TPSA) is 35.5 Å². The second-order valence-electron chi connectivity index (χ2n) is 5.49. The Hall–Kier alpha value is -1.48. The standard InChI is InChI=1S/C16H22O3/c1-11(2)13-5-15(18-7-13)9-17-10-16-6-14(8-19-16)12(3)4/h5-8,11-12H,9-10H2,1-4H3. The van der Waals surface area contributed by atoms with E-state index in [0.29, 0.717) is 25.0 Å². The van der Waals surface area contributed by atoms with Crippen LogP contribution >= 0.6 is 0 Å². The molecule has 3 nitrogen and oxygen atoms in total. The second-order valence-corrected chi connectivity index (χ2v) is 5.49. The van der Waals surface area contributed by atoms with E-state index in [-0.39, 0.29) is 0 Å². The lowest BCUT2D eigenvalue weighted by Crippen LogP contribution is -1.92. The molecule has 0 N–H and O–H groups in total. The lowest BCUT2D eigenvalue weighted by atomic mass is 10.1. The molecule has 2 heterocycles. The highest BCUT2D eigenvalue weighted by Gasteiger charge is 2.08. The maximum absolute atomic E-state index is 5.60. The van der Waals surface area contributed by atoms with Crippen molar-refractivity contribution in [3.05, 3.63) is 47.3 Å². The molecule has 0 saturated heterocycles. The molecular formula is C16H22O3. The molecule has 0 radical (unpaired) electrons. The Morgan fingerprint density at radius 3 is 1.58 bits per heavy atom. The van der Waals surface area contributed by atoms with Gasteiger partial charge in [-0.3, -0.25) is 0 Å². The van der Waals surface area contributed by atoms with Crippen LogP contribution in [0.2, 0.25) is 0 Å². The van der Waals surface area contributed by atoms with Crippen molar-refractivity contribution in [2.75, 3.05) is 0 Å². The molecule has 104 valence electrons. The minimum absolute atomic E-state index is 0.477. The van der Waals surface area contributed by atoms with Gasteiger partial charge in [-0.1, -0.05) is 27.7 Å². The van der Waals surface area contributed by atoms with Gasteiger partial charge in [-0.15, -0.1) is 0 Å². The highest BCUT2D eigenvalue weighted by molar-refractivity contribution is 5.17. The fraction of sp³-hybridized carbons (Fsp3) is 0.500. The summed E-state index contributed by atoms with van der Waals surface area (Å²) in [5, 5.41) is 0. The van der Waals surface area contributed by atoms with Gasteiger partial charge in [-0.25, -0.2) is 0 Å². The molecule has 2 rings (SSSR count). The predicted molar refractivity (Wildman–Crippen MR) is 74.1 cm³/mol. The summed E-state index contributed by atoms with van der Waals surface area (Å²) in [5.41, 5.74) is 2.41. The minimum Gasteiger partial charge on any atom is -0.467 e. The maximum Gasteiger partial charge on any atom is 0.129 e.